The van der Waals surface area contributed by atoms with E-state index in [2.05, 4.69) is 15.5 Å². The molecular formula is C19H30Cl2N4O2. The third kappa shape index (κ3) is 6.96. The minimum absolute atomic E-state index is 0. The van der Waals surface area contributed by atoms with Gasteiger partial charge in [0.1, 0.15) is 0 Å². The summed E-state index contributed by atoms with van der Waals surface area (Å²) in [6.07, 6.45) is 3.91. The van der Waals surface area contributed by atoms with Gasteiger partial charge in [-0.3, -0.25) is 14.5 Å². The van der Waals surface area contributed by atoms with Gasteiger partial charge in [-0.2, -0.15) is 0 Å². The minimum atomic E-state index is -0.194. The van der Waals surface area contributed by atoms with Crippen molar-refractivity contribution in [1.29, 1.82) is 0 Å². The van der Waals surface area contributed by atoms with Gasteiger partial charge in [0, 0.05) is 25.3 Å². The molecule has 0 aromatic heterocycles. The van der Waals surface area contributed by atoms with Crippen molar-refractivity contribution in [3.05, 3.63) is 29.8 Å². The normalized spacial score (nSPS) is 22.8. The third-order valence-corrected chi connectivity index (χ3v) is 5.20. The minimum Gasteiger partial charge on any atom is -0.369 e. The predicted octanol–water partition coefficient (Wildman–Crippen LogP) is 2.17. The summed E-state index contributed by atoms with van der Waals surface area (Å²) in [4.78, 5) is 25.9. The highest BCUT2D eigenvalue weighted by Gasteiger charge is 2.24. The lowest BCUT2D eigenvalue weighted by Gasteiger charge is -2.31. The fourth-order valence-corrected chi connectivity index (χ4v) is 3.70. The molecule has 2 aliphatic rings. The molecule has 0 spiro atoms. The Morgan fingerprint density at radius 1 is 1.11 bits per heavy atom. The molecule has 4 N–H and O–H groups in total. The number of primary amides is 1. The number of hydrogen-bond donors (Lipinski definition) is 3. The van der Waals surface area contributed by atoms with Gasteiger partial charge >= 0.3 is 0 Å². The number of nitrogens with two attached hydrogens (primary N) is 1. The first-order chi connectivity index (χ1) is 12.1. The van der Waals surface area contributed by atoms with Crippen LogP contribution >= 0.6 is 24.8 Å². The molecular weight excluding hydrogens is 387 g/mol. The number of piperidine rings is 2. The van der Waals surface area contributed by atoms with Crippen LogP contribution in [0, 0.1) is 11.8 Å². The Bertz CT molecular complexity index is 606. The van der Waals surface area contributed by atoms with Crippen LogP contribution in [-0.2, 0) is 16.1 Å². The Kier molecular flexibility index (Phi) is 10.1. The molecule has 0 aliphatic carbocycles. The maximum absolute atomic E-state index is 12.3. The second-order valence-corrected chi connectivity index (χ2v) is 7.21. The molecule has 3 rings (SSSR count). The average molecular weight is 417 g/mol. The number of carbonyl (C=O) groups excluding carboxylic acids is 2. The standard InChI is InChI=1S/C19H28N4O2.2ClH/c20-18(24)16-4-2-10-23(13-16)12-14-5-7-17(8-6-14)22-19(25)15-3-1-9-21-11-15;;/h5-8,15-16,21H,1-4,9-13H2,(H2,20,24)(H,22,25);2*1H. The number of anilines is 1. The van der Waals surface area contributed by atoms with Crippen LogP contribution in [0.3, 0.4) is 0 Å². The summed E-state index contributed by atoms with van der Waals surface area (Å²) < 4.78 is 0. The fraction of sp³-hybridized carbons (Fsp3) is 0.579. The van der Waals surface area contributed by atoms with Crippen molar-refractivity contribution >= 4 is 42.3 Å². The molecule has 2 unspecified atom stereocenters. The zero-order chi connectivity index (χ0) is 17.6. The van der Waals surface area contributed by atoms with E-state index in [1.54, 1.807) is 0 Å². The summed E-state index contributed by atoms with van der Waals surface area (Å²) >= 11 is 0. The molecule has 2 aliphatic heterocycles. The summed E-state index contributed by atoms with van der Waals surface area (Å²) in [6.45, 7) is 4.31. The molecule has 0 radical (unpaired) electrons. The number of hydrogen-bond acceptors (Lipinski definition) is 4. The SMILES string of the molecule is Cl.Cl.NC(=O)C1CCCN(Cc2ccc(NC(=O)C3CCCNC3)cc2)C1. The number of nitrogens with one attached hydrogen (secondary N) is 2. The van der Waals surface area contributed by atoms with Gasteiger partial charge in [0.15, 0.2) is 0 Å². The molecule has 2 fully saturated rings. The van der Waals surface area contributed by atoms with Crippen molar-refractivity contribution in [3.63, 3.8) is 0 Å². The van der Waals surface area contributed by atoms with Crippen LogP contribution < -0.4 is 16.4 Å². The van der Waals surface area contributed by atoms with Gasteiger partial charge in [-0.15, -0.1) is 24.8 Å². The molecule has 1 aromatic rings. The zero-order valence-corrected chi connectivity index (χ0v) is 17.1. The van der Waals surface area contributed by atoms with E-state index in [0.717, 1.165) is 64.1 Å². The summed E-state index contributed by atoms with van der Waals surface area (Å²) in [7, 11) is 0. The van der Waals surface area contributed by atoms with Gasteiger partial charge in [-0.05, 0) is 56.5 Å². The van der Waals surface area contributed by atoms with Gasteiger partial charge in [-0.1, -0.05) is 12.1 Å². The second-order valence-electron chi connectivity index (χ2n) is 7.21. The largest absolute Gasteiger partial charge is 0.369 e. The van der Waals surface area contributed by atoms with Crippen molar-refractivity contribution in [2.24, 2.45) is 17.6 Å². The Labute approximate surface area is 173 Å². The lowest BCUT2D eigenvalue weighted by Crippen LogP contribution is -2.40. The number of amides is 2. The topological polar surface area (TPSA) is 87.5 Å². The molecule has 2 saturated heterocycles. The molecule has 8 heteroatoms. The van der Waals surface area contributed by atoms with Crippen molar-refractivity contribution in [1.82, 2.24) is 10.2 Å². The molecule has 27 heavy (non-hydrogen) atoms. The Morgan fingerprint density at radius 2 is 1.81 bits per heavy atom. The van der Waals surface area contributed by atoms with E-state index >= 15 is 0 Å². The van der Waals surface area contributed by atoms with E-state index in [4.69, 9.17) is 5.73 Å². The molecule has 0 bridgehead atoms. The number of rotatable bonds is 5. The van der Waals surface area contributed by atoms with E-state index in [9.17, 15) is 9.59 Å². The van der Waals surface area contributed by atoms with E-state index in [-0.39, 0.29) is 48.5 Å². The van der Waals surface area contributed by atoms with E-state index < -0.39 is 0 Å². The maximum atomic E-state index is 12.3. The number of carbonyl (C=O) groups is 2. The van der Waals surface area contributed by atoms with Gasteiger partial charge in [0.25, 0.3) is 0 Å². The van der Waals surface area contributed by atoms with Crippen LogP contribution in [0.4, 0.5) is 5.69 Å². The monoisotopic (exact) mass is 416 g/mol. The van der Waals surface area contributed by atoms with E-state index in [1.807, 2.05) is 24.3 Å². The van der Waals surface area contributed by atoms with Crippen LogP contribution in [0.5, 0.6) is 0 Å². The lowest BCUT2D eigenvalue weighted by molar-refractivity contribution is -0.123. The number of benzene rings is 1. The highest BCUT2D eigenvalue weighted by molar-refractivity contribution is 5.92. The van der Waals surface area contributed by atoms with Crippen LogP contribution in [0.1, 0.15) is 31.2 Å². The van der Waals surface area contributed by atoms with Crippen molar-refractivity contribution < 1.29 is 9.59 Å². The van der Waals surface area contributed by atoms with Gasteiger partial charge in [0.05, 0.1) is 11.8 Å². The van der Waals surface area contributed by atoms with Crippen molar-refractivity contribution in [3.8, 4) is 0 Å². The van der Waals surface area contributed by atoms with Crippen molar-refractivity contribution in [2.45, 2.75) is 32.2 Å². The van der Waals surface area contributed by atoms with Crippen molar-refractivity contribution in [2.75, 3.05) is 31.5 Å². The highest BCUT2D eigenvalue weighted by Crippen LogP contribution is 2.20. The molecule has 1 aromatic carbocycles. The fourth-order valence-electron chi connectivity index (χ4n) is 3.70. The Hall–Kier alpha value is -1.34. The molecule has 152 valence electrons. The van der Waals surface area contributed by atoms with Crippen LogP contribution in [0.2, 0.25) is 0 Å². The number of halogens is 2. The quantitative estimate of drug-likeness (QED) is 0.685. The average Bonchev–Trinajstić information content (AvgIpc) is 2.64. The summed E-state index contributed by atoms with van der Waals surface area (Å²) in [5.74, 6) is -0.0656. The van der Waals surface area contributed by atoms with Gasteiger partial charge in [-0.25, -0.2) is 0 Å². The van der Waals surface area contributed by atoms with Crippen LogP contribution in [-0.4, -0.2) is 42.9 Å². The Morgan fingerprint density at radius 3 is 2.44 bits per heavy atom. The zero-order valence-electron chi connectivity index (χ0n) is 15.5. The third-order valence-electron chi connectivity index (χ3n) is 5.20. The van der Waals surface area contributed by atoms with Crippen LogP contribution in [0.15, 0.2) is 24.3 Å². The van der Waals surface area contributed by atoms with Gasteiger partial charge < -0.3 is 16.4 Å². The summed E-state index contributed by atoms with van der Waals surface area (Å²) in [6, 6.07) is 8.00. The smallest absolute Gasteiger partial charge is 0.228 e. The molecule has 6 nitrogen and oxygen atoms in total. The first-order valence-corrected chi connectivity index (χ1v) is 9.24. The molecule has 2 heterocycles. The summed E-state index contributed by atoms with van der Waals surface area (Å²) in [5, 5.41) is 6.28. The maximum Gasteiger partial charge on any atom is 0.228 e. The second kappa shape index (κ2) is 11.5. The number of nitrogens with zero attached hydrogens (tertiary/aromatic N) is 1. The lowest BCUT2D eigenvalue weighted by atomic mass is 9.97. The molecule has 2 amide bonds. The number of likely N-dealkylation sites (tertiary alicyclic amines) is 1. The summed E-state index contributed by atoms with van der Waals surface area (Å²) in [5.41, 5.74) is 7.46. The first kappa shape index (κ1) is 23.7. The molecule has 0 saturated carbocycles. The van der Waals surface area contributed by atoms with Gasteiger partial charge in [0.2, 0.25) is 11.8 Å². The van der Waals surface area contributed by atoms with E-state index in [1.165, 1.54) is 5.56 Å². The molecule has 2 atom stereocenters. The van der Waals surface area contributed by atoms with Crippen LogP contribution in [0.25, 0.3) is 0 Å². The highest BCUT2D eigenvalue weighted by atomic mass is 35.5. The first-order valence-electron chi connectivity index (χ1n) is 9.24. The predicted molar refractivity (Wildman–Crippen MR) is 112 cm³/mol. The Balaban J connectivity index is 0.00000182. The van der Waals surface area contributed by atoms with E-state index in [0.29, 0.717) is 0 Å².